The van der Waals surface area contributed by atoms with Crippen LogP contribution in [-0.4, -0.2) is 4.98 Å². The summed E-state index contributed by atoms with van der Waals surface area (Å²) in [4.78, 5) is 3.83. The Bertz CT molecular complexity index is 440. The van der Waals surface area contributed by atoms with Gasteiger partial charge in [-0.15, -0.1) is 0 Å². The van der Waals surface area contributed by atoms with Crippen molar-refractivity contribution in [2.24, 2.45) is 0 Å². The number of hydrogen-bond donors (Lipinski definition) is 1. The molecule has 1 aromatic heterocycles. The minimum absolute atomic E-state index is 0.0382. The first-order valence-electron chi connectivity index (χ1n) is 3.18. The van der Waals surface area contributed by atoms with Crippen LogP contribution < -0.4 is 5.73 Å². The largest absolute Gasteiger partial charge is 0.422 e. The zero-order valence-electron chi connectivity index (χ0n) is 5.84. The molecule has 0 aliphatic carbocycles. The number of aromatic nitrogens is 1. The molecule has 0 spiro atoms. The van der Waals surface area contributed by atoms with Gasteiger partial charge in [0.25, 0.3) is 6.01 Å². The monoisotopic (exact) mass is 230 g/mol. The third-order valence-corrected chi connectivity index (χ3v) is 2.21. The van der Waals surface area contributed by atoms with Crippen LogP contribution in [0.15, 0.2) is 21.0 Å². The predicted molar refractivity (Wildman–Crippen MR) is 46.1 cm³/mol. The van der Waals surface area contributed by atoms with Gasteiger partial charge in [-0.1, -0.05) is 0 Å². The summed E-state index contributed by atoms with van der Waals surface area (Å²) in [6.07, 6.45) is 0. The Kier molecular flexibility index (Phi) is 1.54. The summed E-state index contributed by atoms with van der Waals surface area (Å²) in [5.74, 6) is -0.390. The number of anilines is 1. The summed E-state index contributed by atoms with van der Waals surface area (Å²) in [5.41, 5.74) is 6.17. The summed E-state index contributed by atoms with van der Waals surface area (Å²) < 4.78 is 18.1. The first-order chi connectivity index (χ1) is 5.68. The maximum Gasteiger partial charge on any atom is 0.293 e. The molecule has 5 heteroatoms. The molecule has 12 heavy (non-hydrogen) atoms. The molecule has 0 saturated heterocycles. The fourth-order valence-corrected chi connectivity index (χ4v) is 1.37. The first-order valence-corrected chi connectivity index (χ1v) is 3.98. The van der Waals surface area contributed by atoms with E-state index in [1.165, 1.54) is 12.1 Å². The molecule has 1 heterocycles. The van der Waals surface area contributed by atoms with Gasteiger partial charge in [-0.25, -0.2) is 4.39 Å². The molecule has 1 aromatic carbocycles. The van der Waals surface area contributed by atoms with Crippen LogP contribution in [-0.2, 0) is 0 Å². The van der Waals surface area contributed by atoms with Gasteiger partial charge in [0, 0.05) is 0 Å². The fourth-order valence-electron chi connectivity index (χ4n) is 0.953. The number of fused-ring (bicyclic) bond motifs is 1. The van der Waals surface area contributed by atoms with E-state index >= 15 is 0 Å². The van der Waals surface area contributed by atoms with Gasteiger partial charge in [0.1, 0.15) is 11.3 Å². The average Bonchev–Trinajstić information content (AvgIpc) is 2.39. The normalized spacial score (nSPS) is 10.8. The number of nitrogens with zero attached hydrogens (tertiary/aromatic N) is 1. The minimum Gasteiger partial charge on any atom is -0.422 e. The van der Waals surface area contributed by atoms with Crippen molar-refractivity contribution in [3.63, 3.8) is 0 Å². The van der Waals surface area contributed by atoms with Crippen LogP contribution in [0.4, 0.5) is 10.4 Å². The van der Waals surface area contributed by atoms with E-state index in [0.717, 1.165) is 0 Å². The molecule has 2 rings (SSSR count). The first kappa shape index (κ1) is 7.54. The molecular formula is C7H4BrFN2O. The highest BCUT2D eigenvalue weighted by atomic mass is 79.9. The lowest BCUT2D eigenvalue weighted by Gasteiger charge is -1.91. The van der Waals surface area contributed by atoms with Crippen LogP contribution in [0.25, 0.3) is 11.1 Å². The zero-order valence-corrected chi connectivity index (χ0v) is 7.43. The van der Waals surface area contributed by atoms with E-state index in [4.69, 9.17) is 10.2 Å². The Hall–Kier alpha value is -1.10. The van der Waals surface area contributed by atoms with Gasteiger partial charge in [-0.05, 0) is 28.1 Å². The van der Waals surface area contributed by atoms with E-state index in [-0.39, 0.29) is 10.5 Å². The Morgan fingerprint density at radius 2 is 2.25 bits per heavy atom. The average molecular weight is 231 g/mol. The second kappa shape index (κ2) is 2.45. The summed E-state index contributed by atoms with van der Waals surface area (Å²) in [6.45, 7) is 0. The van der Waals surface area contributed by atoms with Gasteiger partial charge in [0.2, 0.25) is 0 Å². The second-order valence-electron chi connectivity index (χ2n) is 2.26. The van der Waals surface area contributed by atoms with Crippen LogP contribution in [0, 0.1) is 5.82 Å². The van der Waals surface area contributed by atoms with Gasteiger partial charge in [-0.3, -0.25) is 0 Å². The van der Waals surface area contributed by atoms with Crippen LogP contribution in [0.2, 0.25) is 0 Å². The predicted octanol–water partition coefficient (Wildman–Crippen LogP) is 2.31. The smallest absolute Gasteiger partial charge is 0.293 e. The third-order valence-electron chi connectivity index (χ3n) is 1.47. The third kappa shape index (κ3) is 0.972. The number of hydrogen-bond acceptors (Lipinski definition) is 3. The number of nitrogens with two attached hydrogens (primary N) is 1. The van der Waals surface area contributed by atoms with Gasteiger partial charge >= 0.3 is 0 Å². The summed E-state index contributed by atoms with van der Waals surface area (Å²) in [6, 6.07) is 2.85. The molecule has 0 fully saturated rings. The Labute approximate surface area is 75.5 Å². The van der Waals surface area contributed by atoms with Crippen molar-refractivity contribution in [1.29, 1.82) is 0 Å². The molecule has 2 aromatic rings. The lowest BCUT2D eigenvalue weighted by Crippen LogP contribution is -1.80. The van der Waals surface area contributed by atoms with E-state index in [0.29, 0.717) is 11.1 Å². The molecule has 2 N–H and O–H groups in total. The SMILES string of the molecule is Nc1nc2ccc(F)c(Br)c2o1. The summed E-state index contributed by atoms with van der Waals surface area (Å²) in [7, 11) is 0. The van der Waals surface area contributed by atoms with Crippen molar-refractivity contribution in [3.05, 3.63) is 22.4 Å². The van der Waals surface area contributed by atoms with Crippen molar-refractivity contribution in [2.75, 3.05) is 5.73 Å². The lowest BCUT2D eigenvalue weighted by atomic mass is 10.3. The van der Waals surface area contributed by atoms with Gasteiger partial charge < -0.3 is 10.2 Å². The zero-order chi connectivity index (χ0) is 8.72. The van der Waals surface area contributed by atoms with E-state index in [1.807, 2.05) is 0 Å². The van der Waals surface area contributed by atoms with E-state index in [2.05, 4.69) is 20.9 Å². The number of rotatable bonds is 0. The molecule has 0 saturated carbocycles. The molecule has 0 aliphatic heterocycles. The van der Waals surface area contributed by atoms with E-state index in [1.54, 1.807) is 0 Å². The van der Waals surface area contributed by atoms with Gasteiger partial charge in [-0.2, -0.15) is 4.98 Å². The summed E-state index contributed by atoms with van der Waals surface area (Å²) >= 11 is 3.03. The Balaban J connectivity index is 2.89. The minimum atomic E-state index is -0.390. The molecule has 0 atom stereocenters. The van der Waals surface area contributed by atoms with Crippen molar-refractivity contribution >= 4 is 33.0 Å². The molecule has 0 radical (unpaired) electrons. The highest BCUT2D eigenvalue weighted by Gasteiger charge is 2.09. The molecular weight excluding hydrogens is 227 g/mol. The van der Waals surface area contributed by atoms with Gasteiger partial charge in [0.05, 0.1) is 4.47 Å². The number of nitrogen functional groups attached to an aromatic ring is 1. The summed E-state index contributed by atoms with van der Waals surface area (Å²) in [5, 5.41) is 0. The number of oxazole rings is 1. The molecule has 0 amide bonds. The maximum atomic E-state index is 12.9. The van der Waals surface area contributed by atoms with Crippen molar-refractivity contribution in [1.82, 2.24) is 4.98 Å². The number of halogens is 2. The lowest BCUT2D eigenvalue weighted by molar-refractivity contribution is 0.599. The van der Waals surface area contributed by atoms with Crippen molar-refractivity contribution < 1.29 is 8.81 Å². The maximum absolute atomic E-state index is 12.9. The van der Waals surface area contributed by atoms with E-state index in [9.17, 15) is 4.39 Å². The second-order valence-corrected chi connectivity index (χ2v) is 3.05. The molecule has 3 nitrogen and oxygen atoms in total. The molecule has 62 valence electrons. The standard InChI is InChI=1S/C7H4BrFN2O/c8-5-3(9)1-2-4-6(5)12-7(10)11-4/h1-2H,(H2,10,11). The molecule has 0 bridgehead atoms. The quantitative estimate of drug-likeness (QED) is 0.756. The Morgan fingerprint density at radius 3 is 3.00 bits per heavy atom. The topological polar surface area (TPSA) is 52.0 Å². The van der Waals surface area contributed by atoms with Crippen LogP contribution >= 0.6 is 15.9 Å². The number of benzene rings is 1. The fraction of sp³-hybridized carbons (Fsp3) is 0. The van der Waals surface area contributed by atoms with Crippen LogP contribution in [0.5, 0.6) is 0 Å². The van der Waals surface area contributed by atoms with Crippen LogP contribution in [0.3, 0.4) is 0 Å². The van der Waals surface area contributed by atoms with Crippen LogP contribution in [0.1, 0.15) is 0 Å². The highest BCUT2D eigenvalue weighted by Crippen LogP contribution is 2.27. The van der Waals surface area contributed by atoms with Crippen molar-refractivity contribution in [3.8, 4) is 0 Å². The highest BCUT2D eigenvalue weighted by molar-refractivity contribution is 9.10. The van der Waals surface area contributed by atoms with Gasteiger partial charge in [0.15, 0.2) is 5.58 Å². The van der Waals surface area contributed by atoms with E-state index < -0.39 is 5.82 Å². The van der Waals surface area contributed by atoms with Crippen molar-refractivity contribution in [2.45, 2.75) is 0 Å². The molecule has 0 aliphatic rings. The molecule has 0 unspecified atom stereocenters. The Morgan fingerprint density at radius 1 is 1.50 bits per heavy atom.